The molecule has 5 fully saturated rings. The number of hydrogen-bond acceptors (Lipinski definition) is 5. The number of rotatable bonds is 7. The van der Waals surface area contributed by atoms with Gasteiger partial charge in [0.25, 0.3) is 0 Å². The van der Waals surface area contributed by atoms with Crippen molar-refractivity contribution in [2.75, 3.05) is 13.1 Å². The normalized spacial score (nSPS) is 31.4. The summed E-state index contributed by atoms with van der Waals surface area (Å²) in [6, 6.07) is 13.0. The van der Waals surface area contributed by atoms with Crippen LogP contribution in [0.1, 0.15) is 51.5 Å². The SMILES string of the molecule is CC1(C)N=C(C23CC(N(Cc4ccc(Cl)c(Cl)c4)S(=O)(=O)c4ccccc4)(C2)C3)N[C@H]1C(=O)N1CC2(C1)CC(F)(F)C2. The Morgan fingerprint density at radius 3 is 2.26 bits per heavy atom. The van der Waals surface area contributed by atoms with Crippen LogP contribution in [0, 0.1) is 10.8 Å². The van der Waals surface area contributed by atoms with Crippen LogP contribution in [0.5, 0.6) is 0 Å². The average molecular weight is 638 g/mol. The number of hydrogen-bond donors (Lipinski definition) is 1. The molecule has 224 valence electrons. The van der Waals surface area contributed by atoms with Gasteiger partial charge >= 0.3 is 0 Å². The first kappa shape index (κ1) is 28.5. The summed E-state index contributed by atoms with van der Waals surface area (Å²) in [4.78, 5) is 20.3. The maximum absolute atomic E-state index is 14.0. The van der Waals surface area contributed by atoms with Gasteiger partial charge in [-0.15, -0.1) is 0 Å². The molecular formula is C30H32Cl2F2N4O3S. The summed E-state index contributed by atoms with van der Waals surface area (Å²) >= 11 is 12.4. The molecule has 8 rings (SSSR count). The third-order valence-corrected chi connectivity index (χ3v) is 12.6. The molecule has 0 aromatic heterocycles. The predicted octanol–water partition coefficient (Wildman–Crippen LogP) is 5.51. The molecule has 4 aliphatic carbocycles. The molecule has 2 bridgehead atoms. The number of sulfonamides is 1. The molecule has 6 aliphatic rings. The van der Waals surface area contributed by atoms with Gasteiger partial charge in [0, 0.05) is 48.8 Å². The van der Waals surface area contributed by atoms with E-state index in [0.717, 1.165) is 11.4 Å². The van der Waals surface area contributed by atoms with E-state index in [-0.39, 0.29) is 35.6 Å². The van der Waals surface area contributed by atoms with Gasteiger partial charge in [-0.05, 0) is 62.9 Å². The second kappa shape index (κ2) is 8.89. The first-order valence-corrected chi connectivity index (χ1v) is 16.3. The van der Waals surface area contributed by atoms with Crippen molar-refractivity contribution in [2.45, 2.75) is 80.4 Å². The second-order valence-electron chi connectivity index (χ2n) is 13.7. The summed E-state index contributed by atoms with van der Waals surface area (Å²) in [6.07, 6.45) is 1.44. The molecule has 4 saturated carbocycles. The number of likely N-dealkylation sites (tertiary alicyclic amines) is 1. The molecule has 1 atom stereocenters. The molecule has 0 radical (unpaired) electrons. The van der Waals surface area contributed by atoms with Crippen molar-refractivity contribution in [3.63, 3.8) is 0 Å². The highest BCUT2D eigenvalue weighted by Crippen LogP contribution is 2.71. The van der Waals surface area contributed by atoms with Crippen molar-refractivity contribution in [1.29, 1.82) is 0 Å². The number of halogens is 4. The number of alkyl halides is 2. The summed E-state index contributed by atoms with van der Waals surface area (Å²) in [5, 5.41) is 4.15. The number of aliphatic imine (C=N–C) groups is 1. The number of nitrogens with zero attached hydrogens (tertiary/aromatic N) is 3. The van der Waals surface area contributed by atoms with Crippen LogP contribution in [0.15, 0.2) is 58.4 Å². The Kier molecular flexibility index (Phi) is 6.04. The number of carbonyl (C=O) groups is 1. The highest BCUT2D eigenvalue weighted by atomic mass is 35.5. The fraction of sp³-hybridized carbons (Fsp3) is 0.533. The summed E-state index contributed by atoms with van der Waals surface area (Å²) in [5.41, 5.74) is -1.33. The number of benzene rings is 2. The number of nitrogens with one attached hydrogen (secondary N) is 1. The zero-order valence-corrected chi connectivity index (χ0v) is 25.7. The molecule has 7 nitrogen and oxygen atoms in total. The standard InChI is InChI=1S/C30H32Cl2F2N4O3S/c1-26(2)23(24(39)37-17-27(18-37)12-30(33,34)13-27)35-25(36-26)28-14-29(15-28,16-28)38(11-19-8-9-21(31)22(32)10-19)42(40,41)20-6-4-3-5-7-20/h3-10,23H,11-18H2,1-2H3,(H,35,36)/t23-,28?,29?/m0/s1. The van der Waals surface area contributed by atoms with Gasteiger partial charge in [0.05, 0.1) is 20.5 Å². The zero-order valence-electron chi connectivity index (χ0n) is 23.3. The van der Waals surface area contributed by atoms with Crippen LogP contribution in [-0.2, 0) is 21.4 Å². The molecule has 0 unspecified atom stereocenters. The largest absolute Gasteiger partial charge is 0.360 e. The molecule has 2 aromatic carbocycles. The number of amidine groups is 1. The van der Waals surface area contributed by atoms with Gasteiger partial charge in [0.1, 0.15) is 11.9 Å². The second-order valence-corrected chi connectivity index (χ2v) is 16.4. The van der Waals surface area contributed by atoms with Crippen LogP contribution < -0.4 is 5.32 Å². The van der Waals surface area contributed by atoms with Gasteiger partial charge in [0.15, 0.2) is 0 Å². The fourth-order valence-electron chi connectivity index (χ4n) is 7.99. The lowest BCUT2D eigenvalue weighted by molar-refractivity contribution is -0.215. The van der Waals surface area contributed by atoms with Crippen molar-refractivity contribution in [3.8, 4) is 0 Å². The fourth-order valence-corrected chi connectivity index (χ4v) is 10.1. The molecular weight excluding hydrogens is 605 g/mol. The summed E-state index contributed by atoms with van der Waals surface area (Å²) in [6.45, 7) is 4.67. The third-order valence-electron chi connectivity index (χ3n) is 9.94. The van der Waals surface area contributed by atoms with Crippen molar-refractivity contribution < 1.29 is 22.0 Å². The van der Waals surface area contributed by atoms with Crippen LogP contribution in [0.4, 0.5) is 8.78 Å². The highest BCUT2D eigenvalue weighted by Gasteiger charge is 2.75. The van der Waals surface area contributed by atoms with Gasteiger partial charge < -0.3 is 10.2 Å². The molecule has 1 N–H and O–H groups in total. The average Bonchev–Trinajstić information content (AvgIpc) is 3.15. The van der Waals surface area contributed by atoms with E-state index in [0.29, 0.717) is 42.4 Å². The Balaban J connectivity index is 1.08. The van der Waals surface area contributed by atoms with Gasteiger partial charge in [-0.1, -0.05) is 47.5 Å². The van der Waals surface area contributed by atoms with E-state index in [9.17, 15) is 22.0 Å². The lowest BCUT2D eigenvalue weighted by Crippen LogP contribution is -2.78. The minimum atomic E-state index is -3.84. The quantitative estimate of drug-likeness (QED) is 0.434. The van der Waals surface area contributed by atoms with Gasteiger partial charge in [-0.3, -0.25) is 9.79 Å². The monoisotopic (exact) mass is 636 g/mol. The molecule has 2 heterocycles. The van der Waals surface area contributed by atoms with E-state index in [1.54, 1.807) is 57.7 Å². The van der Waals surface area contributed by atoms with E-state index in [2.05, 4.69) is 5.32 Å². The molecule has 1 amide bonds. The Hall–Kier alpha value is -2.27. The minimum absolute atomic E-state index is 0.117. The van der Waals surface area contributed by atoms with E-state index in [1.807, 2.05) is 13.8 Å². The highest BCUT2D eigenvalue weighted by molar-refractivity contribution is 7.89. The summed E-state index contributed by atoms with van der Waals surface area (Å²) < 4.78 is 56.5. The van der Waals surface area contributed by atoms with Crippen LogP contribution in [0.3, 0.4) is 0 Å². The maximum Gasteiger partial charge on any atom is 0.249 e. The van der Waals surface area contributed by atoms with E-state index >= 15 is 0 Å². The Labute approximate surface area is 254 Å². The summed E-state index contributed by atoms with van der Waals surface area (Å²) in [7, 11) is -3.84. The Morgan fingerprint density at radius 1 is 1.02 bits per heavy atom. The molecule has 2 aromatic rings. The minimum Gasteiger partial charge on any atom is -0.360 e. The lowest BCUT2D eigenvalue weighted by atomic mass is 9.38. The topological polar surface area (TPSA) is 82.1 Å². The van der Waals surface area contributed by atoms with E-state index in [4.69, 9.17) is 28.2 Å². The van der Waals surface area contributed by atoms with Crippen molar-refractivity contribution >= 4 is 45.0 Å². The predicted molar refractivity (Wildman–Crippen MR) is 156 cm³/mol. The van der Waals surface area contributed by atoms with Gasteiger partial charge in [-0.2, -0.15) is 4.31 Å². The lowest BCUT2D eigenvalue weighted by Gasteiger charge is -2.72. The van der Waals surface area contributed by atoms with Gasteiger partial charge in [-0.25, -0.2) is 17.2 Å². The molecule has 12 heteroatoms. The van der Waals surface area contributed by atoms with Crippen LogP contribution in [0.25, 0.3) is 0 Å². The maximum atomic E-state index is 14.0. The van der Waals surface area contributed by atoms with Crippen LogP contribution in [0.2, 0.25) is 10.0 Å². The molecule has 1 spiro atoms. The van der Waals surface area contributed by atoms with Crippen molar-refractivity contribution in [2.24, 2.45) is 15.8 Å². The number of amides is 1. The zero-order chi connectivity index (χ0) is 29.9. The van der Waals surface area contributed by atoms with Crippen LogP contribution >= 0.6 is 23.2 Å². The molecule has 42 heavy (non-hydrogen) atoms. The Bertz CT molecular complexity index is 1600. The molecule has 2 aliphatic heterocycles. The summed E-state index contributed by atoms with van der Waals surface area (Å²) in [5.74, 6) is -1.99. The first-order valence-electron chi connectivity index (χ1n) is 14.1. The van der Waals surface area contributed by atoms with Crippen molar-refractivity contribution in [3.05, 3.63) is 64.1 Å². The van der Waals surface area contributed by atoms with E-state index in [1.165, 1.54) is 0 Å². The molecule has 1 saturated heterocycles. The van der Waals surface area contributed by atoms with E-state index < -0.39 is 38.5 Å². The van der Waals surface area contributed by atoms with Crippen molar-refractivity contribution in [1.82, 2.24) is 14.5 Å². The smallest absolute Gasteiger partial charge is 0.249 e. The van der Waals surface area contributed by atoms with Crippen LogP contribution in [-0.4, -0.2) is 65.5 Å². The Morgan fingerprint density at radius 2 is 1.67 bits per heavy atom. The number of carbonyl (C=O) groups excluding carboxylic acids is 1. The first-order chi connectivity index (χ1) is 19.6. The van der Waals surface area contributed by atoms with Gasteiger partial charge in [0.2, 0.25) is 21.9 Å². The third kappa shape index (κ3) is 4.23.